The van der Waals surface area contributed by atoms with Crippen molar-refractivity contribution in [2.24, 2.45) is 5.92 Å². The molecule has 1 aliphatic rings. The highest BCUT2D eigenvalue weighted by molar-refractivity contribution is 8.18. The third kappa shape index (κ3) is 6.16. The Morgan fingerprint density at radius 2 is 1.72 bits per heavy atom. The molecule has 0 aromatic heterocycles. The fourth-order valence-corrected chi connectivity index (χ4v) is 4.12. The maximum absolute atomic E-state index is 12.8. The second-order valence-corrected chi connectivity index (χ2v) is 9.64. The van der Waals surface area contributed by atoms with Crippen LogP contribution in [0.15, 0.2) is 47.4 Å². The monoisotopic (exact) mass is 453 g/mol. The van der Waals surface area contributed by atoms with Crippen molar-refractivity contribution in [1.82, 2.24) is 4.90 Å². The first-order valence-electron chi connectivity index (χ1n) is 11.0. The highest BCUT2D eigenvalue weighted by Gasteiger charge is 2.34. The van der Waals surface area contributed by atoms with Crippen molar-refractivity contribution < 1.29 is 19.1 Å². The maximum atomic E-state index is 12.8. The number of imide groups is 1. The second-order valence-electron chi connectivity index (χ2n) is 8.65. The van der Waals surface area contributed by atoms with E-state index in [1.807, 2.05) is 37.3 Å². The van der Waals surface area contributed by atoms with Crippen LogP contribution in [0.1, 0.15) is 50.3 Å². The van der Waals surface area contributed by atoms with Gasteiger partial charge in [-0.05, 0) is 71.5 Å². The molecule has 1 aliphatic heterocycles. The standard InChI is InChI=1S/C26H31NO4S/c1-17(2)16-31-21-9-7-20(8-10-21)15-24-25(28)27(26(29)32-24)12-13-30-23-14-19(5)6-11-22(23)18(3)4/h6-11,14-15,17-18H,12-13,16H2,1-5H3/b24-15-. The molecule has 0 aliphatic carbocycles. The molecule has 0 N–H and O–H groups in total. The molecule has 1 heterocycles. The van der Waals surface area contributed by atoms with Crippen LogP contribution in [0.4, 0.5) is 4.79 Å². The molecule has 2 amide bonds. The fourth-order valence-electron chi connectivity index (χ4n) is 3.26. The number of thioether (sulfide) groups is 1. The highest BCUT2D eigenvalue weighted by Crippen LogP contribution is 2.33. The lowest BCUT2D eigenvalue weighted by molar-refractivity contribution is -0.123. The van der Waals surface area contributed by atoms with Gasteiger partial charge < -0.3 is 9.47 Å². The Bertz CT molecular complexity index is 995. The molecule has 0 atom stereocenters. The summed E-state index contributed by atoms with van der Waals surface area (Å²) in [4.78, 5) is 26.9. The molecule has 2 aromatic rings. The molecule has 0 bridgehead atoms. The van der Waals surface area contributed by atoms with Gasteiger partial charge in [-0.2, -0.15) is 0 Å². The molecule has 0 radical (unpaired) electrons. The van der Waals surface area contributed by atoms with Gasteiger partial charge in [-0.1, -0.05) is 52.0 Å². The predicted molar refractivity (Wildman–Crippen MR) is 130 cm³/mol. The predicted octanol–water partition coefficient (Wildman–Crippen LogP) is 6.27. The number of ether oxygens (including phenoxy) is 2. The van der Waals surface area contributed by atoms with E-state index in [1.165, 1.54) is 4.90 Å². The van der Waals surface area contributed by atoms with Crippen molar-refractivity contribution in [3.8, 4) is 11.5 Å². The lowest BCUT2D eigenvalue weighted by Crippen LogP contribution is -2.32. The van der Waals surface area contributed by atoms with Crippen molar-refractivity contribution in [2.45, 2.75) is 40.5 Å². The lowest BCUT2D eigenvalue weighted by atomic mass is 10.0. The van der Waals surface area contributed by atoms with Gasteiger partial charge in [0.05, 0.1) is 18.1 Å². The average molecular weight is 454 g/mol. The van der Waals surface area contributed by atoms with Crippen molar-refractivity contribution >= 4 is 29.0 Å². The van der Waals surface area contributed by atoms with Crippen LogP contribution < -0.4 is 9.47 Å². The van der Waals surface area contributed by atoms with Gasteiger partial charge in [0.1, 0.15) is 18.1 Å². The number of hydrogen-bond acceptors (Lipinski definition) is 5. The molecule has 170 valence electrons. The first kappa shape index (κ1) is 23.9. The molecule has 3 rings (SSSR count). The first-order chi connectivity index (χ1) is 15.2. The maximum Gasteiger partial charge on any atom is 0.293 e. The largest absolute Gasteiger partial charge is 0.493 e. The van der Waals surface area contributed by atoms with Crippen LogP contribution in [0.3, 0.4) is 0 Å². The summed E-state index contributed by atoms with van der Waals surface area (Å²) in [5.41, 5.74) is 3.08. The van der Waals surface area contributed by atoms with E-state index in [4.69, 9.17) is 9.47 Å². The molecule has 0 unspecified atom stereocenters. The van der Waals surface area contributed by atoms with Crippen molar-refractivity contribution in [2.75, 3.05) is 19.8 Å². The topological polar surface area (TPSA) is 55.8 Å². The average Bonchev–Trinajstić information content (AvgIpc) is 3.00. The number of aryl methyl sites for hydroxylation is 1. The number of nitrogens with zero attached hydrogens (tertiary/aromatic N) is 1. The minimum absolute atomic E-state index is 0.218. The van der Waals surface area contributed by atoms with E-state index in [-0.39, 0.29) is 24.3 Å². The number of rotatable bonds is 9. The third-order valence-corrected chi connectivity index (χ3v) is 5.91. The zero-order chi connectivity index (χ0) is 23.3. The van der Waals surface area contributed by atoms with Gasteiger partial charge >= 0.3 is 0 Å². The van der Waals surface area contributed by atoms with E-state index < -0.39 is 0 Å². The summed E-state index contributed by atoms with van der Waals surface area (Å²) in [6.07, 6.45) is 1.75. The van der Waals surface area contributed by atoms with E-state index >= 15 is 0 Å². The number of amides is 2. The van der Waals surface area contributed by atoms with Gasteiger partial charge in [-0.3, -0.25) is 14.5 Å². The molecule has 0 saturated carbocycles. The van der Waals surface area contributed by atoms with Crippen LogP contribution in [0.5, 0.6) is 11.5 Å². The van der Waals surface area contributed by atoms with Crippen molar-refractivity contribution in [3.63, 3.8) is 0 Å². The zero-order valence-corrected chi connectivity index (χ0v) is 20.2. The summed E-state index contributed by atoms with van der Waals surface area (Å²) in [7, 11) is 0. The summed E-state index contributed by atoms with van der Waals surface area (Å²) >= 11 is 0.963. The SMILES string of the molecule is Cc1ccc(C(C)C)c(OCCN2C(=O)S/C(=C\c3ccc(OCC(C)C)cc3)C2=O)c1. The summed E-state index contributed by atoms with van der Waals surface area (Å²) < 4.78 is 11.6. The van der Waals surface area contributed by atoms with E-state index in [9.17, 15) is 9.59 Å². The van der Waals surface area contributed by atoms with Crippen LogP contribution >= 0.6 is 11.8 Å². The van der Waals surface area contributed by atoms with Crippen LogP contribution in [-0.2, 0) is 4.79 Å². The molecule has 6 heteroatoms. The Morgan fingerprint density at radius 1 is 1.00 bits per heavy atom. The van der Waals surface area contributed by atoms with E-state index in [0.29, 0.717) is 23.3 Å². The van der Waals surface area contributed by atoms with Crippen LogP contribution in [0.25, 0.3) is 6.08 Å². The van der Waals surface area contributed by atoms with Gasteiger partial charge in [0.2, 0.25) is 0 Å². The van der Waals surface area contributed by atoms with Gasteiger partial charge in [0, 0.05) is 0 Å². The van der Waals surface area contributed by atoms with Crippen LogP contribution in [-0.4, -0.2) is 35.8 Å². The molecule has 1 saturated heterocycles. The number of hydrogen-bond donors (Lipinski definition) is 0. The second kappa shape index (κ2) is 10.7. The van der Waals surface area contributed by atoms with E-state index in [1.54, 1.807) is 6.08 Å². The van der Waals surface area contributed by atoms with Crippen molar-refractivity contribution in [1.29, 1.82) is 0 Å². The molecular weight excluding hydrogens is 422 g/mol. The van der Waals surface area contributed by atoms with Crippen LogP contribution in [0, 0.1) is 12.8 Å². The lowest BCUT2D eigenvalue weighted by Gasteiger charge is -2.17. The number of carbonyl (C=O) groups is 2. The Hall–Kier alpha value is -2.73. The van der Waals surface area contributed by atoms with Crippen molar-refractivity contribution in [3.05, 3.63) is 64.1 Å². The highest BCUT2D eigenvalue weighted by atomic mass is 32.2. The summed E-state index contributed by atoms with van der Waals surface area (Å²) in [5.74, 6) is 2.10. The van der Waals surface area contributed by atoms with Gasteiger partial charge in [0.25, 0.3) is 11.1 Å². The van der Waals surface area contributed by atoms with E-state index in [0.717, 1.165) is 40.0 Å². The smallest absolute Gasteiger partial charge is 0.293 e. The number of carbonyl (C=O) groups excluding carboxylic acids is 2. The molecule has 0 spiro atoms. The number of benzene rings is 2. The Kier molecular flexibility index (Phi) is 8.02. The normalized spacial score (nSPS) is 15.3. The first-order valence-corrected chi connectivity index (χ1v) is 11.8. The molecule has 32 heavy (non-hydrogen) atoms. The summed E-state index contributed by atoms with van der Waals surface area (Å²) in [6.45, 7) is 11.6. The molecule has 1 fully saturated rings. The summed E-state index contributed by atoms with van der Waals surface area (Å²) in [5, 5.41) is -0.268. The van der Waals surface area contributed by atoms with Gasteiger partial charge in [-0.15, -0.1) is 0 Å². The Morgan fingerprint density at radius 3 is 2.38 bits per heavy atom. The Balaban J connectivity index is 1.61. The molecular formula is C26H31NO4S. The van der Waals surface area contributed by atoms with Gasteiger partial charge in [-0.25, -0.2) is 0 Å². The summed E-state index contributed by atoms with van der Waals surface area (Å²) in [6, 6.07) is 13.7. The minimum atomic E-state index is -0.281. The zero-order valence-electron chi connectivity index (χ0n) is 19.4. The quantitative estimate of drug-likeness (QED) is 0.419. The van der Waals surface area contributed by atoms with Gasteiger partial charge in [0.15, 0.2) is 0 Å². The van der Waals surface area contributed by atoms with E-state index in [2.05, 4.69) is 39.8 Å². The van der Waals surface area contributed by atoms with Crippen LogP contribution in [0.2, 0.25) is 0 Å². The molecule has 5 nitrogen and oxygen atoms in total. The minimum Gasteiger partial charge on any atom is -0.493 e. The Labute approximate surface area is 194 Å². The molecule has 2 aromatic carbocycles. The fraction of sp³-hybridized carbons (Fsp3) is 0.385. The third-order valence-electron chi connectivity index (χ3n) is 5.00.